The number of carbonyl (C=O) groups excluding carboxylic acids is 1. The van der Waals surface area contributed by atoms with Crippen LogP contribution in [0.5, 0.6) is 0 Å². The third kappa shape index (κ3) is 1.52. The molecule has 0 bridgehead atoms. The maximum absolute atomic E-state index is 11.5. The summed E-state index contributed by atoms with van der Waals surface area (Å²) in [5.41, 5.74) is 4.78. The van der Waals surface area contributed by atoms with Crippen molar-refractivity contribution >= 4 is 11.4 Å². The van der Waals surface area contributed by atoms with Gasteiger partial charge in [0, 0.05) is 19.0 Å². The van der Waals surface area contributed by atoms with Gasteiger partial charge in [-0.3, -0.25) is 4.79 Å². The van der Waals surface area contributed by atoms with Crippen molar-refractivity contribution in [2.24, 2.45) is 0 Å². The van der Waals surface area contributed by atoms with Gasteiger partial charge in [0.15, 0.2) is 0 Å². The Labute approximate surface area is 106 Å². The van der Waals surface area contributed by atoms with E-state index in [0.717, 1.165) is 11.2 Å². The van der Waals surface area contributed by atoms with E-state index in [1.165, 1.54) is 11.1 Å². The van der Waals surface area contributed by atoms with Gasteiger partial charge in [-0.25, -0.2) is 4.52 Å². The van der Waals surface area contributed by atoms with Gasteiger partial charge in [-0.1, -0.05) is 19.9 Å². The van der Waals surface area contributed by atoms with Gasteiger partial charge in [0.05, 0.1) is 24.0 Å². The number of carbonyl (C=O) groups is 1. The van der Waals surface area contributed by atoms with Crippen LogP contribution in [-0.4, -0.2) is 20.4 Å². The topological polar surface area (TPSA) is 37.6 Å². The summed E-state index contributed by atoms with van der Waals surface area (Å²) in [6, 6.07) is 4.24. The Hall–Kier alpha value is -1.84. The van der Waals surface area contributed by atoms with Gasteiger partial charge in [-0.2, -0.15) is 5.10 Å². The van der Waals surface area contributed by atoms with Crippen LogP contribution < -0.4 is 0 Å². The Morgan fingerprint density at radius 2 is 2.11 bits per heavy atom. The molecule has 0 aliphatic carbocycles. The monoisotopic (exact) mass is 243 g/mol. The number of fused-ring (bicyclic) bond motifs is 3. The van der Waals surface area contributed by atoms with E-state index in [-0.39, 0.29) is 5.91 Å². The molecule has 0 unspecified atom stereocenters. The van der Waals surface area contributed by atoms with Gasteiger partial charge in [-0.15, -0.1) is 0 Å². The number of rotatable bonds is 1. The van der Waals surface area contributed by atoms with Crippen molar-refractivity contribution in [1.29, 1.82) is 0 Å². The van der Waals surface area contributed by atoms with Crippen LogP contribution >= 0.6 is 0 Å². The van der Waals surface area contributed by atoms with Gasteiger partial charge >= 0.3 is 0 Å². The molecule has 2 aromatic heterocycles. The first-order valence-corrected chi connectivity index (χ1v) is 6.32. The van der Waals surface area contributed by atoms with Gasteiger partial charge in [0.2, 0.25) is 5.91 Å². The quantitative estimate of drug-likeness (QED) is 0.771. The van der Waals surface area contributed by atoms with Gasteiger partial charge in [-0.05, 0) is 17.5 Å². The largest absolute Gasteiger partial charge is 0.333 e. The Kier molecular flexibility index (Phi) is 2.40. The molecule has 1 aliphatic rings. The molecule has 0 saturated heterocycles. The van der Waals surface area contributed by atoms with E-state index >= 15 is 0 Å². The number of hydrogen-bond donors (Lipinski definition) is 0. The van der Waals surface area contributed by atoms with Crippen molar-refractivity contribution in [2.75, 3.05) is 0 Å². The Morgan fingerprint density at radius 1 is 1.33 bits per heavy atom. The van der Waals surface area contributed by atoms with E-state index in [9.17, 15) is 4.79 Å². The highest BCUT2D eigenvalue weighted by molar-refractivity contribution is 5.74. The van der Waals surface area contributed by atoms with Crippen molar-refractivity contribution < 1.29 is 4.79 Å². The lowest BCUT2D eigenvalue weighted by molar-refractivity contribution is -0.129. The molecule has 0 fully saturated rings. The number of pyridine rings is 1. The Bertz CT molecular complexity index is 627. The molecular formula is C14H17N3O. The fourth-order valence-electron chi connectivity index (χ4n) is 2.59. The highest BCUT2D eigenvalue weighted by Gasteiger charge is 2.24. The predicted octanol–water partition coefficient (Wildman–Crippen LogP) is 2.32. The van der Waals surface area contributed by atoms with E-state index in [0.29, 0.717) is 19.0 Å². The van der Waals surface area contributed by atoms with Crippen LogP contribution in [0.1, 0.15) is 43.5 Å². The molecule has 0 spiro atoms. The van der Waals surface area contributed by atoms with Crippen LogP contribution in [0.2, 0.25) is 0 Å². The first-order valence-electron chi connectivity index (χ1n) is 6.32. The molecule has 0 atom stereocenters. The molecule has 1 amide bonds. The third-order valence-electron chi connectivity index (χ3n) is 3.67. The lowest BCUT2D eigenvalue weighted by Crippen LogP contribution is -2.22. The lowest BCUT2D eigenvalue weighted by Gasteiger charge is -2.10. The zero-order valence-electron chi connectivity index (χ0n) is 11.0. The van der Waals surface area contributed by atoms with Gasteiger partial charge in [0.1, 0.15) is 0 Å². The van der Waals surface area contributed by atoms with E-state index in [2.05, 4.69) is 31.1 Å². The maximum Gasteiger partial charge on any atom is 0.220 e. The van der Waals surface area contributed by atoms with Crippen LogP contribution in [0, 0.1) is 0 Å². The lowest BCUT2D eigenvalue weighted by atomic mass is 10.1. The molecule has 0 aromatic carbocycles. The van der Waals surface area contributed by atoms with E-state index in [1.807, 2.05) is 15.6 Å². The molecule has 18 heavy (non-hydrogen) atoms. The standard InChI is InChI=1S/C14H17N3O/c1-9(2)12-6-15-17-13(12)5-4-11-7-16(10(3)18)8-14(11)17/h4-6,9H,7-8H2,1-3H3. The molecule has 4 heteroatoms. The fourth-order valence-corrected chi connectivity index (χ4v) is 2.59. The molecule has 4 nitrogen and oxygen atoms in total. The molecule has 1 aliphatic heterocycles. The molecular weight excluding hydrogens is 226 g/mol. The van der Waals surface area contributed by atoms with Gasteiger partial charge in [0.25, 0.3) is 0 Å². The summed E-state index contributed by atoms with van der Waals surface area (Å²) in [5, 5.41) is 4.48. The van der Waals surface area contributed by atoms with Crippen molar-refractivity contribution in [3.8, 4) is 0 Å². The average Bonchev–Trinajstić information content (AvgIpc) is 2.91. The minimum Gasteiger partial charge on any atom is -0.333 e. The van der Waals surface area contributed by atoms with Crippen LogP contribution in [0.15, 0.2) is 18.3 Å². The Morgan fingerprint density at radius 3 is 2.78 bits per heavy atom. The third-order valence-corrected chi connectivity index (χ3v) is 3.67. The van der Waals surface area contributed by atoms with Crippen molar-refractivity contribution in [2.45, 2.75) is 39.8 Å². The fraction of sp³-hybridized carbons (Fsp3) is 0.429. The second-order valence-corrected chi connectivity index (χ2v) is 5.23. The summed E-state index contributed by atoms with van der Waals surface area (Å²) < 4.78 is 1.99. The number of amides is 1. The smallest absolute Gasteiger partial charge is 0.220 e. The van der Waals surface area contributed by atoms with E-state index in [4.69, 9.17) is 0 Å². The highest BCUT2D eigenvalue weighted by Crippen LogP contribution is 2.27. The summed E-state index contributed by atoms with van der Waals surface area (Å²) in [4.78, 5) is 13.3. The zero-order chi connectivity index (χ0) is 12.9. The molecule has 0 N–H and O–H groups in total. The summed E-state index contributed by atoms with van der Waals surface area (Å²) in [6.45, 7) is 7.34. The number of hydrogen-bond acceptors (Lipinski definition) is 2. The first kappa shape index (κ1) is 11.3. The van der Waals surface area contributed by atoms with Crippen molar-refractivity contribution in [3.63, 3.8) is 0 Å². The van der Waals surface area contributed by atoms with Crippen LogP contribution in [0.3, 0.4) is 0 Å². The zero-order valence-corrected chi connectivity index (χ0v) is 11.0. The van der Waals surface area contributed by atoms with Crippen LogP contribution in [0.4, 0.5) is 0 Å². The van der Waals surface area contributed by atoms with Gasteiger partial charge < -0.3 is 4.90 Å². The Balaban J connectivity index is 2.13. The normalized spacial score (nSPS) is 14.6. The summed E-state index contributed by atoms with van der Waals surface area (Å²) in [6.07, 6.45) is 1.94. The van der Waals surface area contributed by atoms with Crippen molar-refractivity contribution in [3.05, 3.63) is 35.2 Å². The summed E-state index contributed by atoms with van der Waals surface area (Å²) in [7, 11) is 0. The molecule has 0 radical (unpaired) electrons. The number of nitrogens with zero attached hydrogens (tertiary/aromatic N) is 3. The second-order valence-electron chi connectivity index (χ2n) is 5.23. The number of aromatic nitrogens is 2. The minimum atomic E-state index is 0.121. The molecule has 3 rings (SSSR count). The first-order chi connectivity index (χ1) is 8.58. The average molecular weight is 243 g/mol. The summed E-state index contributed by atoms with van der Waals surface area (Å²) >= 11 is 0. The molecule has 2 aromatic rings. The molecule has 94 valence electrons. The minimum absolute atomic E-state index is 0.121. The van der Waals surface area contributed by atoms with E-state index in [1.54, 1.807) is 6.92 Å². The molecule has 0 saturated carbocycles. The van der Waals surface area contributed by atoms with Crippen molar-refractivity contribution in [1.82, 2.24) is 14.5 Å². The SMILES string of the molecule is CC(=O)N1Cc2ccc3c(C(C)C)cnn3c2C1. The highest BCUT2D eigenvalue weighted by atomic mass is 16.2. The molecule has 3 heterocycles. The second kappa shape index (κ2) is 3.83. The summed E-state index contributed by atoms with van der Waals surface area (Å²) in [5.74, 6) is 0.585. The van der Waals surface area contributed by atoms with E-state index < -0.39 is 0 Å². The predicted molar refractivity (Wildman–Crippen MR) is 69.2 cm³/mol. The van der Waals surface area contributed by atoms with Crippen LogP contribution in [-0.2, 0) is 17.9 Å². The maximum atomic E-state index is 11.5. The van der Waals surface area contributed by atoms with Crippen LogP contribution in [0.25, 0.3) is 5.52 Å².